The fourth-order valence-electron chi connectivity index (χ4n) is 2.14. The van der Waals surface area contributed by atoms with Gasteiger partial charge in [0.25, 0.3) is 0 Å². The third-order valence-electron chi connectivity index (χ3n) is 3.47. The van der Waals surface area contributed by atoms with Crippen LogP contribution < -0.4 is 0 Å². The number of carbonyl (C=O) groups excluding carboxylic acids is 1. The lowest BCUT2D eigenvalue weighted by atomic mass is 9.73. The Morgan fingerprint density at radius 1 is 1.38 bits per heavy atom. The first-order valence-electron chi connectivity index (χ1n) is 6.06. The predicted octanol–water partition coefficient (Wildman–Crippen LogP) is 2.81. The second kappa shape index (κ2) is 4.96. The summed E-state index contributed by atoms with van der Waals surface area (Å²) in [6.45, 7) is 15.5. The van der Waals surface area contributed by atoms with E-state index in [1.165, 1.54) is 5.57 Å². The van der Waals surface area contributed by atoms with Gasteiger partial charge in [-0.3, -0.25) is 9.69 Å². The number of hydrogen-bond acceptors (Lipinski definition) is 2. The van der Waals surface area contributed by atoms with Crippen LogP contribution in [0.15, 0.2) is 23.8 Å². The van der Waals surface area contributed by atoms with Crippen LogP contribution in [0.1, 0.15) is 34.1 Å². The van der Waals surface area contributed by atoms with E-state index in [2.05, 4.69) is 39.2 Å². The molecule has 0 atom stereocenters. The van der Waals surface area contributed by atoms with Crippen molar-refractivity contribution in [3.8, 4) is 0 Å². The molecular formula is C14H23NO. The van der Waals surface area contributed by atoms with Crippen LogP contribution in [0.5, 0.6) is 0 Å². The number of ketones is 1. The zero-order chi connectivity index (χ0) is 12.3. The third-order valence-corrected chi connectivity index (χ3v) is 3.47. The van der Waals surface area contributed by atoms with Crippen molar-refractivity contribution in [2.75, 3.05) is 19.6 Å². The Hall–Kier alpha value is -0.890. The van der Waals surface area contributed by atoms with Gasteiger partial charge in [-0.05, 0) is 42.1 Å². The molecule has 0 spiro atoms. The maximum Gasteiger partial charge on any atom is 0.181 e. The molecule has 0 aliphatic heterocycles. The van der Waals surface area contributed by atoms with Gasteiger partial charge in [0, 0.05) is 6.54 Å². The Labute approximate surface area is 99.0 Å². The summed E-state index contributed by atoms with van der Waals surface area (Å²) in [6, 6.07) is 0. The van der Waals surface area contributed by atoms with Gasteiger partial charge in [0.15, 0.2) is 5.78 Å². The molecule has 2 heteroatoms. The molecule has 90 valence electrons. The van der Waals surface area contributed by atoms with Gasteiger partial charge in [-0.2, -0.15) is 0 Å². The normalized spacial score (nSPS) is 20.2. The number of likely N-dealkylation sites (N-methyl/N-ethyl adjacent to an activating group) is 1. The number of rotatable bonds is 4. The molecule has 0 aromatic rings. The predicted molar refractivity (Wildman–Crippen MR) is 68.4 cm³/mol. The van der Waals surface area contributed by atoms with Crippen LogP contribution in [-0.2, 0) is 4.79 Å². The van der Waals surface area contributed by atoms with Gasteiger partial charge >= 0.3 is 0 Å². The molecule has 2 nitrogen and oxygen atoms in total. The molecule has 0 N–H and O–H groups in total. The summed E-state index contributed by atoms with van der Waals surface area (Å²) < 4.78 is 0. The van der Waals surface area contributed by atoms with Crippen molar-refractivity contribution in [1.29, 1.82) is 0 Å². The number of carbonyl (C=O) groups is 1. The average Bonchev–Trinajstić information content (AvgIpc) is 2.21. The first kappa shape index (κ1) is 13.2. The fourth-order valence-corrected chi connectivity index (χ4v) is 2.14. The van der Waals surface area contributed by atoms with Crippen LogP contribution in [0.4, 0.5) is 0 Å². The molecule has 0 saturated carbocycles. The minimum absolute atomic E-state index is 0.0770. The van der Waals surface area contributed by atoms with E-state index in [1.807, 2.05) is 0 Å². The van der Waals surface area contributed by atoms with E-state index < -0.39 is 0 Å². The largest absolute Gasteiger partial charge is 0.300 e. The molecule has 16 heavy (non-hydrogen) atoms. The zero-order valence-corrected chi connectivity index (χ0v) is 11.0. The van der Waals surface area contributed by atoms with Crippen molar-refractivity contribution in [3.05, 3.63) is 23.8 Å². The monoisotopic (exact) mass is 221 g/mol. The summed E-state index contributed by atoms with van der Waals surface area (Å²) in [5.41, 5.74) is 2.06. The van der Waals surface area contributed by atoms with Gasteiger partial charge in [0.2, 0.25) is 0 Å². The van der Waals surface area contributed by atoms with Gasteiger partial charge in [0.1, 0.15) is 0 Å². The highest BCUT2D eigenvalue weighted by atomic mass is 16.1. The van der Waals surface area contributed by atoms with E-state index in [0.29, 0.717) is 0 Å². The second-order valence-corrected chi connectivity index (χ2v) is 5.16. The van der Waals surface area contributed by atoms with E-state index in [-0.39, 0.29) is 11.2 Å². The molecule has 0 saturated heterocycles. The summed E-state index contributed by atoms with van der Waals surface area (Å²) in [6.07, 6.45) is 2.59. The van der Waals surface area contributed by atoms with Crippen LogP contribution in [0.3, 0.4) is 0 Å². The Morgan fingerprint density at radius 2 is 1.94 bits per heavy atom. The quantitative estimate of drug-likeness (QED) is 0.680. The van der Waals surface area contributed by atoms with Gasteiger partial charge in [-0.1, -0.05) is 34.3 Å². The molecule has 0 unspecified atom stereocenters. The Bertz CT molecular complexity index is 322. The van der Waals surface area contributed by atoms with E-state index in [9.17, 15) is 4.79 Å². The van der Waals surface area contributed by atoms with Crippen molar-refractivity contribution in [3.63, 3.8) is 0 Å². The first-order valence-corrected chi connectivity index (χ1v) is 6.06. The Balaban J connectivity index is 2.88. The van der Waals surface area contributed by atoms with Gasteiger partial charge in [-0.25, -0.2) is 0 Å². The molecule has 0 aromatic carbocycles. The molecular weight excluding hydrogens is 198 g/mol. The second-order valence-electron chi connectivity index (χ2n) is 5.16. The molecule has 0 fully saturated rings. The summed E-state index contributed by atoms with van der Waals surface area (Å²) in [4.78, 5) is 14.0. The van der Waals surface area contributed by atoms with Crippen molar-refractivity contribution < 1.29 is 4.79 Å². The highest BCUT2D eigenvalue weighted by molar-refractivity contribution is 6.05. The topological polar surface area (TPSA) is 20.3 Å². The van der Waals surface area contributed by atoms with Crippen molar-refractivity contribution in [2.24, 2.45) is 5.41 Å². The summed E-state index contributed by atoms with van der Waals surface area (Å²) in [7, 11) is 0. The number of allylic oxidation sites excluding steroid dienone is 2. The van der Waals surface area contributed by atoms with Gasteiger partial charge in [0.05, 0.1) is 0 Å². The maximum absolute atomic E-state index is 11.7. The van der Waals surface area contributed by atoms with Gasteiger partial charge < -0.3 is 0 Å². The van der Waals surface area contributed by atoms with E-state index in [0.717, 1.165) is 31.6 Å². The minimum Gasteiger partial charge on any atom is -0.300 e. The van der Waals surface area contributed by atoms with Crippen molar-refractivity contribution in [2.45, 2.75) is 34.1 Å². The highest BCUT2D eigenvalue weighted by Gasteiger charge is 2.31. The van der Waals surface area contributed by atoms with Crippen LogP contribution in [0.2, 0.25) is 0 Å². The lowest BCUT2D eigenvalue weighted by Gasteiger charge is -2.35. The molecule has 0 radical (unpaired) electrons. The van der Waals surface area contributed by atoms with Gasteiger partial charge in [-0.15, -0.1) is 0 Å². The summed E-state index contributed by atoms with van der Waals surface area (Å²) in [5.74, 6) is 0.112. The Kier molecular flexibility index (Phi) is 4.09. The minimum atomic E-state index is 0.0770. The molecule has 0 aromatic heterocycles. The van der Waals surface area contributed by atoms with E-state index in [4.69, 9.17) is 0 Å². The van der Waals surface area contributed by atoms with Crippen molar-refractivity contribution in [1.82, 2.24) is 4.90 Å². The average molecular weight is 221 g/mol. The molecule has 1 aliphatic rings. The number of nitrogens with zero attached hydrogens (tertiary/aromatic N) is 1. The summed E-state index contributed by atoms with van der Waals surface area (Å²) >= 11 is 0. The number of hydrogen-bond donors (Lipinski definition) is 0. The van der Waals surface area contributed by atoms with Crippen LogP contribution >= 0.6 is 0 Å². The zero-order valence-electron chi connectivity index (χ0n) is 11.0. The SMILES string of the molecule is C=C1CC(C)(C)C(CN(CC)CC)=CC1=O. The summed E-state index contributed by atoms with van der Waals surface area (Å²) in [5, 5.41) is 0. The van der Waals surface area contributed by atoms with Crippen molar-refractivity contribution >= 4 is 5.78 Å². The molecule has 0 heterocycles. The van der Waals surface area contributed by atoms with Crippen LogP contribution in [0.25, 0.3) is 0 Å². The fraction of sp³-hybridized carbons (Fsp3) is 0.643. The highest BCUT2D eigenvalue weighted by Crippen LogP contribution is 2.37. The molecule has 1 aliphatic carbocycles. The Morgan fingerprint density at radius 3 is 2.44 bits per heavy atom. The smallest absolute Gasteiger partial charge is 0.181 e. The molecule has 1 rings (SSSR count). The molecule has 0 bridgehead atoms. The van der Waals surface area contributed by atoms with Crippen LogP contribution in [0, 0.1) is 5.41 Å². The van der Waals surface area contributed by atoms with Crippen LogP contribution in [-0.4, -0.2) is 30.3 Å². The lowest BCUT2D eigenvalue weighted by molar-refractivity contribution is -0.112. The first-order chi connectivity index (χ1) is 7.40. The maximum atomic E-state index is 11.7. The van der Waals surface area contributed by atoms with E-state index in [1.54, 1.807) is 6.08 Å². The standard InChI is InChI=1S/C14H23NO/c1-6-15(7-2)10-12-8-13(16)11(3)9-14(12,4)5/h8H,3,6-7,9-10H2,1-2,4-5H3. The third kappa shape index (κ3) is 2.82. The molecule has 0 amide bonds. The van der Waals surface area contributed by atoms with E-state index >= 15 is 0 Å². The lowest BCUT2D eigenvalue weighted by Crippen LogP contribution is -2.33.